The number of ether oxygens (including phenoxy) is 1. The predicted octanol–water partition coefficient (Wildman–Crippen LogP) is 2.83. The van der Waals surface area contributed by atoms with Crippen LogP contribution in [0.4, 0.5) is 0 Å². The van der Waals surface area contributed by atoms with Crippen molar-refractivity contribution in [2.45, 2.75) is 46.7 Å². The molecule has 1 fully saturated rings. The molecule has 0 radical (unpaired) electrons. The molecular weight excluding hydrogens is 324 g/mol. The molecule has 1 aromatic rings. The van der Waals surface area contributed by atoms with E-state index < -0.39 is 0 Å². The Kier molecular flexibility index (Phi) is 9.40. The molecule has 26 heavy (non-hydrogen) atoms. The first-order valence-electron chi connectivity index (χ1n) is 10.4. The monoisotopic (exact) mass is 362 g/mol. The van der Waals surface area contributed by atoms with Crippen molar-refractivity contribution in [2.24, 2.45) is 0 Å². The first kappa shape index (κ1) is 21.2. The molecule has 1 saturated heterocycles. The van der Waals surface area contributed by atoms with Gasteiger partial charge in [-0.25, -0.2) is 10.0 Å². The van der Waals surface area contributed by atoms with E-state index in [9.17, 15) is 0 Å². The summed E-state index contributed by atoms with van der Waals surface area (Å²) in [5, 5.41) is 8.57. The van der Waals surface area contributed by atoms with E-state index in [1.807, 2.05) is 0 Å². The minimum absolute atomic E-state index is 0.547. The Morgan fingerprint density at radius 1 is 1.00 bits per heavy atom. The van der Waals surface area contributed by atoms with Gasteiger partial charge in [0.25, 0.3) is 0 Å². The Labute approximate surface area is 160 Å². The van der Waals surface area contributed by atoms with Gasteiger partial charge in [-0.3, -0.25) is 0 Å². The Morgan fingerprint density at radius 2 is 1.62 bits per heavy atom. The normalized spacial score (nSPS) is 16.7. The number of nitrogens with one attached hydrogen (secondary N) is 1. The number of benzene rings is 1. The van der Waals surface area contributed by atoms with Gasteiger partial charge in [0.15, 0.2) is 0 Å². The number of likely N-dealkylation sites (N-methyl/N-ethyl adjacent to an activating group) is 2. The second-order valence-corrected chi connectivity index (χ2v) is 6.96. The number of hydrogen-bond acceptors (Lipinski definition) is 5. The van der Waals surface area contributed by atoms with E-state index in [1.165, 1.54) is 5.56 Å². The Balaban J connectivity index is 1.67. The van der Waals surface area contributed by atoms with Crippen molar-refractivity contribution in [1.82, 2.24) is 20.2 Å². The highest BCUT2D eigenvalue weighted by Gasteiger charge is 2.27. The van der Waals surface area contributed by atoms with Gasteiger partial charge in [0.2, 0.25) is 0 Å². The van der Waals surface area contributed by atoms with Gasteiger partial charge >= 0.3 is 0 Å². The van der Waals surface area contributed by atoms with Crippen LogP contribution in [0.2, 0.25) is 0 Å². The zero-order valence-electron chi connectivity index (χ0n) is 17.2. The maximum absolute atomic E-state index is 5.88. The van der Waals surface area contributed by atoms with Gasteiger partial charge in [0, 0.05) is 45.3 Å². The van der Waals surface area contributed by atoms with Crippen molar-refractivity contribution in [3.8, 4) is 5.75 Å². The lowest BCUT2D eigenvalue weighted by Gasteiger charge is -2.24. The fourth-order valence-corrected chi connectivity index (χ4v) is 3.57. The third kappa shape index (κ3) is 6.54. The van der Waals surface area contributed by atoms with E-state index in [0.717, 1.165) is 71.1 Å². The first-order chi connectivity index (χ1) is 12.7. The highest BCUT2D eigenvalue weighted by Crippen LogP contribution is 2.14. The standard InChI is InChI=1S/C21H38N4O/c1-5-23(6-2)14-9-15-26-21-12-10-19(11-13-21)16-22-20-17-24(7-3)25(8-4)18-20/h10-13,20,22H,5-9,14-18H2,1-4H3. The molecule has 148 valence electrons. The Morgan fingerprint density at radius 3 is 2.15 bits per heavy atom. The molecule has 0 bridgehead atoms. The predicted molar refractivity (Wildman–Crippen MR) is 109 cm³/mol. The topological polar surface area (TPSA) is 31.0 Å². The molecule has 1 N–H and O–H groups in total. The van der Waals surface area contributed by atoms with Gasteiger partial charge in [0.1, 0.15) is 5.75 Å². The molecule has 0 aromatic heterocycles. The molecule has 0 amide bonds. The summed E-state index contributed by atoms with van der Waals surface area (Å²) in [5.74, 6) is 0.975. The minimum atomic E-state index is 0.547. The van der Waals surface area contributed by atoms with Crippen molar-refractivity contribution in [3.05, 3.63) is 29.8 Å². The average molecular weight is 363 g/mol. The number of hydrogen-bond donors (Lipinski definition) is 1. The van der Waals surface area contributed by atoms with Gasteiger partial charge in [-0.2, -0.15) is 0 Å². The zero-order valence-corrected chi connectivity index (χ0v) is 17.2. The van der Waals surface area contributed by atoms with Crippen LogP contribution in [0.15, 0.2) is 24.3 Å². The summed E-state index contributed by atoms with van der Waals surface area (Å²) in [6.07, 6.45) is 1.08. The number of nitrogens with zero attached hydrogens (tertiary/aromatic N) is 3. The van der Waals surface area contributed by atoms with Crippen LogP contribution in [0, 0.1) is 0 Å². The van der Waals surface area contributed by atoms with Crippen LogP contribution < -0.4 is 10.1 Å². The molecule has 0 atom stereocenters. The van der Waals surface area contributed by atoms with E-state index in [-0.39, 0.29) is 0 Å². The minimum Gasteiger partial charge on any atom is -0.494 e. The van der Waals surface area contributed by atoms with Crippen molar-refractivity contribution in [1.29, 1.82) is 0 Å². The molecule has 0 unspecified atom stereocenters. The maximum atomic E-state index is 5.88. The summed E-state index contributed by atoms with van der Waals surface area (Å²) < 4.78 is 5.88. The van der Waals surface area contributed by atoms with Crippen LogP contribution in [0.25, 0.3) is 0 Å². The van der Waals surface area contributed by atoms with Crippen molar-refractivity contribution in [3.63, 3.8) is 0 Å². The first-order valence-corrected chi connectivity index (χ1v) is 10.4. The summed E-state index contributed by atoms with van der Waals surface area (Å²) in [7, 11) is 0. The lowest BCUT2D eigenvalue weighted by atomic mass is 10.2. The molecule has 0 spiro atoms. The van der Waals surface area contributed by atoms with Crippen LogP contribution in [-0.4, -0.2) is 73.4 Å². The summed E-state index contributed by atoms with van der Waals surface area (Å²) in [4.78, 5) is 2.43. The molecule has 5 nitrogen and oxygen atoms in total. The molecule has 0 saturated carbocycles. The lowest BCUT2D eigenvalue weighted by Crippen LogP contribution is -2.35. The van der Waals surface area contributed by atoms with Gasteiger partial charge in [-0.05, 0) is 37.2 Å². The van der Waals surface area contributed by atoms with Gasteiger partial charge in [0.05, 0.1) is 6.61 Å². The zero-order chi connectivity index (χ0) is 18.8. The van der Waals surface area contributed by atoms with Crippen LogP contribution in [-0.2, 0) is 6.54 Å². The Bertz CT molecular complexity index is 477. The third-order valence-corrected chi connectivity index (χ3v) is 5.29. The van der Waals surface area contributed by atoms with E-state index in [1.54, 1.807) is 0 Å². The maximum Gasteiger partial charge on any atom is 0.119 e. The largest absolute Gasteiger partial charge is 0.494 e. The van der Waals surface area contributed by atoms with Crippen LogP contribution >= 0.6 is 0 Å². The summed E-state index contributed by atoms with van der Waals surface area (Å²) >= 11 is 0. The molecule has 0 aliphatic carbocycles. The highest BCUT2D eigenvalue weighted by molar-refractivity contribution is 5.27. The highest BCUT2D eigenvalue weighted by atomic mass is 16.5. The Hall–Kier alpha value is -1.14. The summed E-state index contributed by atoms with van der Waals surface area (Å²) in [6.45, 7) is 18.3. The van der Waals surface area contributed by atoms with Crippen LogP contribution in [0.3, 0.4) is 0 Å². The van der Waals surface area contributed by atoms with Crippen molar-refractivity contribution in [2.75, 3.05) is 52.4 Å². The fraction of sp³-hybridized carbons (Fsp3) is 0.714. The SMILES string of the molecule is CCN(CC)CCCOc1ccc(CNC2CN(CC)N(CC)C2)cc1. The number of hydrazine groups is 1. The molecule has 2 rings (SSSR count). The summed E-state index contributed by atoms with van der Waals surface area (Å²) in [5.41, 5.74) is 1.32. The average Bonchev–Trinajstić information content (AvgIpc) is 3.10. The van der Waals surface area contributed by atoms with Gasteiger partial charge in [-0.1, -0.05) is 39.8 Å². The van der Waals surface area contributed by atoms with Crippen molar-refractivity contribution < 1.29 is 4.74 Å². The van der Waals surface area contributed by atoms with Crippen LogP contribution in [0.1, 0.15) is 39.7 Å². The van der Waals surface area contributed by atoms with Gasteiger partial charge in [-0.15, -0.1) is 0 Å². The van der Waals surface area contributed by atoms with E-state index in [4.69, 9.17) is 4.74 Å². The molecule has 1 aliphatic rings. The molecule has 1 aromatic carbocycles. The van der Waals surface area contributed by atoms with Crippen LogP contribution in [0.5, 0.6) is 5.75 Å². The van der Waals surface area contributed by atoms with E-state index in [0.29, 0.717) is 6.04 Å². The second-order valence-electron chi connectivity index (χ2n) is 6.96. The van der Waals surface area contributed by atoms with Crippen molar-refractivity contribution >= 4 is 0 Å². The molecule has 5 heteroatoms. The van der Waals surface area contributed by atoms with Gasteiger partial charge < -0.3 is 15.0 Å². The molecular formula is C21H38N4O. The summed E-state index contributed by atoms with van der Waals surface area (Å²) in [6, 6.07) is 9.10. The van der Waals surface area contributed by atoms with E-state index in [2.05, 4.69) is 72.2 Å². The number of rotatable bonds is 12. The second kappa shape index (κ2) is 11.5. The smallest absolute Gasteiger partial charge is 0.119 e. The lowest BCUT2D eigenvalue weighted by molar-refractivity contribution is 0.0388. The molecule has 1 heterocycles. The van der Waals surface area contributed by atoms with E-state index >= 15 is 0 Å². The molecule has 1 aliphatic heterocycles. The quantitative estimate of drug-likeness (QED) is 0.578. The fourth-order valence-electron chi connectivity index (χ4n) is 3.57. The third-order valence-electron chi connectivity index (χ3n) is 5.29.